The van der Waals surface area contributed by atoms with E-state index in [4.69, 9.17) is 4.74 Å². The number of aryl methyl sites for hydroxylation is 1. The van der Waals surface area contributed by atoms with Crippen molar-refractivity contribution in [1.29, 1.82) is 0 Å². The molecule has 0 aliphatic rings. The van der Waals surface area contributed by atoms with Gasteiger partial charge >= 0.3 is 0 Å². The number of rotatable bonds is 6. The number of nitrogens with one attached hydrogen (secondary N) is 1. The van der Waals surface area contributed by atoms with Gasteiger partial charge < -0.3 is 15.0 Å². The van der Waals surface area contributed by atoms with E-state index in [0.717, 1.165) is 0 Å². The SMILES string of the molecule is COc1cccc(C(=O)NCC(c2ccc(C)cc2)N(C)C)c1.Cl. The van der Waals surface area contributed by atoms with Crippen molar-refractivity contribution in [1.82, 2.24) is 10.2 Å². The molecule has 0 aromatic heterocycles. The maximum absolute atomic E-state index is 12.3. The van der Waals surface area contributed by atoms with E-state index >= 15 is 0 Å². The summed E-state index contributed by atoms with van der Waals surface area (Å²) in [6.45, 7) is 2.62. The minimum atomic E-state index is -0.0946. The van der Waals surface area contributed by atoms with Crippen LogP contribution in [0.2, 0.25) is 0 Å². The average molecular weight is 349 g/mol. The molecule has 0 aliphatic carbocycles. The summed E-state index contributed by atoms with van der Waals surface area (Å²) in [6.07, 6.45) is 0. The van der Waals surface area contributed by atoms with Gasteiger partial charge in [-0.05, 0) is 44.8 Å². The number of carbonyl (C=O) groups excluding carboxylic acids is 1. The van der Waals surface area contributed by atoms with Gasteiger partial charge in [0.05, 0.1) is 13.2 Å². The summed E-state index contributed by atoms with van der Waals surface area (Å²) in [5, 5.41) is 3.01. The Morgan fingerprint density at radius 3 is 2.42 bits per heavy atom. The Kier molecular flexibility index (Phi) is 7.75. The lowest BCUT2D eigenvalue weighted by molar-refractivity contribution is 0.0941. The Balaban J connectivity index is 0.00000288. The Hall–Kier alpha value is -2.04. The van der Waals surface area contributed by atoms with Crippen molar-refractivity contribution in [3.63, 3.8) is 0 Å². The number of likely N-dealkylation sites (N-methyl/N-ethyl adjacent to an activating group) is 1. The van der Waals surface area contributed by atoms with Gasteiger partial charge in [-0.1, -0.05) is 35.9 Å². The Labute approximate surface area is 150 Å². The highest BCUT2D eigenvalue weighted by Crippen LogP contribution is 2.18. The fourth-order valence-electron chi connectivity index (χ4n) is 2.44. The number of hydrogen-bond acceptors (Lipinski definition) is 3. The lowest BCUT2D eigenvalue weighted by Crippen LogP contribution is -2.34. The quantitative estimate of drug-likeness (QED) is 0.869. The minimum absolute atomic E-state index is 0. The maximum atomic E-state index is 12.3. The fourth-order valence-corrected chi connectivity index (χ4v) is 2.44. The second-order valence-corrected chi connectivity index (χ2v) is 5.83. The first-order chi connectivity index (χ1) is 11.0. The molecule has 1 amide bonds. The molecule has 130 valence electrons. The molecule has 0 bridgehead atoms. The number of amides is 1. The molecule has 2 aromatic rings. The van der Waals surface area contributed by atoms with Crippen LogP contribution < -0.4 is 10.1 Å². The summed E-state index contributed by atoms with van der Waals surface area (Å²) < 4.78 is 5.16. The molecular formula is C19H25ClN2O2. The van der Waals surface area contributed by atoms with Crippen LogP contribution in [0.3, 0.4) is 0 Å². The molecule has 1 atom stereocenters. The van der Waals surface area contributed by atoms with E-state index < -0.39 is 0 Å². The molecule has 0 spiro atoms. The number of carbonyl (C=O) groups is 1. The van der Waals surface area contributed by atoms with Crippen molar-refractivity contribution in [2.45, 2.75) is 13.0 Å². The number of halogens is 1. The van der Waals surface area contributed by atoms with E-state index in [1.165, 1.54) is 11.1 Å². The minimum Gasteiger partial charge on any atom is -0.497 e. The summed E-state index contributed by atoms with van der Waals surface area (Å²) in [6, 6.07) is 15.7. The third-order valence-electron chi connectivity index (χ3n) is 3.87. The van der Waals surface area contributed by atoms with Gasteiger partial charge in [-0.3, -0.25) is 4.79 Å². The Morgan fingerprint density at radius 2 is 1.83 bits per heavy atom. The highest BCUT2D eigenvalue weighted by atomic mass is 35.5. The molecule has 0 saturated heterocycles. The topological polar surface area (TPSA) is 41.6 Å². The van der Waals surface area contributed by atoms with Crippen LogP contribution in [0.15, 0.2) is 48.5 Å². The van der Waals surface area contributed by atoms with Gasteiger partial charge in [-0.15, -0.1) is 12.4 Å². The van der Waals surface area contributed by atoms with E-state index in [0.29, 0.717) is 17.9 Å². The van der Waals surface area contributed by atoms with Crippen LogP contribution in [-0.2, 0) is 0 Å². The van der Waals surface area contributed by atoms with Crippen molar-refractivity contribution in [3.8, 4) is 5.75 Å². The van der Waals surface area contributed by atoms with Gasteiger partial charge in [0.15, 0.2) is 0 Å². The summed E-state index contributed by atoms with van der Waals surface area (Å²) >= 11 is 0. The first-order valence-corrected chi connectivity index (χ1v) is 7.66. The van der Waals surface area contributed by atoms with Crippen molar-refractivity contribution in [3.05, 3.63) is 65.2 Å². The number of hydrogen-bond donors (Lipinski definition) is 1. The molecule has 5 heteroatoms. The highest BCUT2D eigenvalue weighted by molar-refractivity contribution is 5.94. The van der Waals surface area contributed by atoms with Crippen LogP contribution in [0.1, 0.15) is 27.5 Å². The standard InChI is InChI=1S/C19H24N2O2.ClH/c1-14-8-10-15(11-9-14)18(21(2)3)13-20-19(22)16-6-5-7-17(12-16)23-4;/h5-12,18H,13H2,1-4H3,(H,20,22);1H. The molecular weight excluding hydrogens is 324 g/mol. The van der Waals surface area contributed by atoms with Crippen molar-refractivity contribution >= 4 is 18.3 Å². The fraction of sp³-hybridized carbons (Fsp3) is 0.316. The molecule has 24 heavy (non-hydrogen) atoms. The highest BCUT2D eigenvalue weighted by Gasteiger charge is 2.16. The van der Waals surface area contributed by atoms with Gasteiger partial charge in [0.25, 0.3) is 5.91 Å². The normalized spacial score (nSPS) is 11.5. The van der Waals surface area contributed by atoms with Gasteiger partial charge in [0, 0.05) is 12.1 Å². The van der Waals surface area contributed by atoms with Crippen LogP contribution >= 0.6 is 12.4 Å². The summed E-state index contributed by atoms with van der Waals surface area (Å²) in [4.78, 5) is 14.4. The zero-order valence-electron chi connectivity index (χ0n) is 14.6. The Bertz CT molecular complexity index is 657. The monoisotopic (exact) mass is 348 g/mol. The molecule has 0 saturated carbocycles. The number of nitrogens with zero attached hydrogens (tertiary/aromatic N) is 1. The molecule has 0 fully saturated rings. The van der Waals surface area contributed by atoms with E-state index in [1.807, 2.05) is 26.2 Å². The molecule has 0 aliphatic heterocycles. The van der Waals surface area contributed by atoms with E-state index in [9.17, 15) is 4.79 Å². The van der Waals surface area contributed by atoms with E-state index in [2.05, 4.69) is 41.4 Å². The first-order valence-electron chi connectivity index (χ1n) is 7.66. The molecule has 1 N–H and O–H groups in total. The third kappa shape index (κ3) is 5.25. The average Bonchev–Trinajstić information content (AvgIpc) is 2.56. The second kappa shape index (κ2) is 9.30. The van der Waals surface area contributed by atoms with Crippen molar-refractivity contribution in [2.75, 3.05) is 27.7 Å². The lowest BCUT2D eigenvalue weighted by Gasteiger charge is -2.25. The number of ether oxygens (including phenoxy) is 1. The molecule has 0 radical (unpaired) electrons. The predicted molar refractivity (Wildman–Crippen MR) is 100 cm³/mol. The Morgan fingerprint density at radius 1 is 1.17 bits per heavy atom. The van der Waals surface area contributed by atoms with E-state index in [-0.39, 0.29) is 24.4 Å². The molecule has 0 heterocycles. The van der Waals surface area contributed by atoms with Crippen molar-refractivity contribution in [2.24, 2.45) is 0 Å². The third-order valence-corrected chi connectivity index (χ3v) is 3.87. The largest absolute Gasteiger partial charge is 0.497 e. The second-order valence-electron chi connectivity index (χ2n) is 5.83. The van der Waals surface area contributed by atoms with Crippen LogP contribution in [0.4, 0.5) is 0 Å². The molecule has 1 unspecified atom stereocenters. The zero-order chi connectivity index (χ0) is 16.8. The van der Waals surface area contributed by atoms with Gasteiger partial charge in [-0.25, -0.2) is 0 Å². The molecule has 4 nitrogen and oxygen atoms in total. The van der Waals surface area contributed by atoms with Crippen LogP contribution in [0.25, 0.3) is 0 Å². The predicted octanol–water partition coefficient (Wildman–Crippen LogP) is 3.46. The number of benzene rings is 2. The van der Waals surface area contributed by atoms with Gasteiger partial charge in [0.1, 0.15) is 5.75 Å². The van der Waals surface area contributed by atoms with Gasteiger partial charge in [-0.2, -0.15) is 0 Å². The van der Waals surface area contributed by atoms with Crippen LogP contribution in [0, 0.1) is 6.92 Å². The lowest BCUT2D eigenvalue weighted by atomic mass is 10.0. The van der Waals surface area contributed by atoms with Crippen LogP contribution in [0.5, 0.6) is 5.75 Å². The molecule has 2 aromatic carbocycles. The summed E-state index contributed by atoms with van der Waals surface area (Å²) in [5.41, 5.74) is 3.02. The number of methoxy groups -OCH3 is 1. The van der Waals surface area contributed by atoms with Crippen LogP contribution in [-0.4, -0.2) is 38.6 Å². The summed E-state index contributed by atoms with van der Waals surface area (Å²) in [5.74, 6) is 0.586. The van der Waals surface area contributed by atoms with Crippen molar-refractivity contribution < 1.29 is 9.53 Å². The summed E-state index contributed by atoms with van der Waals surface area (Å²) in [7, 11) is 5.63. The molecule has 2 rings (SSSR count). The van der Waals surface area contributed by atoms with Gasteiger partial charge in [0.2, 0.25) is 0 Å². The smallest absolute Gasteiger partial charge is 0.251 e. The first kappa shape index (κ1) is 20.0. The maximum Gasteiger partial charge on any atom is 0.251 e. The zero-order valence-corrected chi connectivity index (χ0v) is 15.4. The van der Waals surface area contributed by atoms with E-state index in [1.54, 1.807) is 19.2 Å².